The summed E-state index contributed by atoms with van der Waals surface area (Å²) in [7, 11) is 0. The van der Waals surface area contributed by atoms with E-state index >= 15 is 0 Å². The van der Waals surface area contributed by atoms with Crippen LogP contribution in [0.25, 0.3) is 11.1 Å². The third-order valence-electron chi connectivity index (χ3n) is 8.35. The topological polar surface area (TPSA) is 80.2 Å². The van der Waals surface area contributed by atoms with E-state index < -0.39 is 11.6 Å². The molecule has 5 aromatic carbocycles. The van der Waals surface area contributed by atoms with Crippen LogP contribution in [0.15, 0.2) is 141 Å². The molecule has 0 bridgehead atoms. The Bertz CT molecular complexity index is 1830. The van der Waals surface area contributed by atoms with Gasteiger partial charge in [-0.25, -0.2) is 4.99 Å². The predicted octanol–water partition coefficient (Wildman–Crippen LogP) is 8.50. The Kier molecular flexibility index (Phi) is 11.1. The van der Waals surface area contributed by atoms with Gasteiger partial charge >= 0.3 is 0 Å². The van der Waals surface area contributed by atoms with Crippen LogP contribution < -0.4 is 10.1 Å². The average molecular weight is 769 g/mol. The number of hydrogen-bond acceptors (Lipinski definition) is 5. The van der Waals surface area contributed by atoms with Gasteiger partial charge in [0.05, 0.1) is 6.61 Å². The molecule has 6 rings (SSSR count). The van der Waals surface area contributed by atoms with Crippen LogP contribution in [0.1, 0.15) is 34.8 Å². The van der Waals surface area contributed by atoms with Crippen molar-refractivity contribution in [1.29, 1.82) is 0 Å². The van der Waals surface area contributed by atoms with E-state index in [2.05, 4.69) is 73.6 Å². The number of carbonyl (C=O) groups excluding carboxylic acids is 1. The molecule has 244 valence electrons. The molecule has 1 heterocycles. The van der Waals surface area contributed by atoms with E-state index in [1.807, 2.05) is 91.0 Å². The largest absolute Gasteiger partial charge is 0.494 e. The van der Waals surface area contributed by atoms with Crippen LogP contribution in [0.4, 0.5) is 0 Å². The van der Waals surface area contributed by atoms with E-state index in [9.17, 15) is 4.79 Å². The van der Waals surface area contributed by atoms with Crippen LogP contribution in [0.3, 0.4) is 0 Å². The fraction of sp³-hybridized carbons (Fsp3) is 0.200. The lowest BCUT2D eigenvalue weighted by atomic mass is 9.81. The third-order valence-corrected chi connectivity index (χ3v) is 9.41. The fourth-order valence-corrected chi connectivity index (χ4v) is 6.33. The maximum Gasteiger partial charge on any atom is 0.252 e. The van der Waals surface area contributed by atoms with Gasteiger partial charge in [0, 0.05) is 40.5 Å². The number of aliphatic hydroxyl groups excluding tert-OH is 1. The van der Waals surface area contributed by atoms with Gasteiger partial charge in [-0.1, -0.05) is 111 Å². The number of hydrogen-bond donors (Lipinski definition) is 2. The molecule has 0 saturated carbocycles. The lowest BCUT2D eigenvalue weighted by Crippen LogP contribution is -2.50. The molecule has 0 fully saturated rings. The molecule has 2 N–H and O–H groups in total. The van der Waals surface area contributed by atoms with Crippen molar-refractivity contribution in [2.75, 3.05) is 19.8 Å². The molecule has 48 heavy (non-hydrogen) atoms. The number of nitrogens with one attached hydrogen (secondary N) is 1. The molecule has 0 saturated heterocycles. The lowest BCUT2D eigenvalue weighted by molar-refractivity contribution is -0.128. The predicted molar refractivity (Wildman–Crippen MR) is 197 cm³/mol. The minimum atomic E-state index is -1.28. The zero-order valence-corrected chi connectivity index (χ0v) is 29.5. The molecule has 0 radical (unpaired) electrons. The maximum atomic E-state index is 14.6. The number of aliphatic hydroxyl groups is 1. The quantitative estimate of drug-likeness (QED) is 0.118. The van der Waals surface area contributed by atoms with E-state index in [1.165, 1.54) is 0 Å². The van der Waals surface area contributed by atoms with E-state index in [1.54, 1.807) is 0 Å². The first-order valence-electron chi connectivity index (χ1n) is 16.0. The second-order valence-corrected chi connectivity index (χ2v) is 13.5. The van der Waals surface area contributed by atoms with Crippen molar-refractivity contribution < 1.29 is 19.4 Å². The Morgan fingerprint density at radius 1 is 0.771 bits per heavy atom. The number of amides is 1. The van der Waals surface area contributed by atoms with E-state index in [-0.39, 0.29) is 12.5 Å². The van der Waals surface area contributed by atoms with E-state index in [0.29, 0.717) is 44.1 Å². The van der Waals surface area contributed by atoms with Gasteiger partial charge in [-0.3, -0.25) is 4.79 Å². The Morgan fingerprint density at radius 2 is 1.38 bits per heavy atom. The molecule has 0 aliphatic carbocycles. The number of halogens is 2. The van der Waals surface area contributed by atoms with Crippen LogP contribution in [-0.4, -0.2) is 42.2 Å². The summed E-state index contributed by atoms with van der Waals surface area (Å²) in [4.78, 5) is 19.8. The van der Waals surface area contributed by atoms with Gasteiger partial charge < -0.3 is 19.9 Å². The first-order valence-corrected chi connectivity index (χ1v) is 17.6. The summed E-state index contributed by atoms with van der Waals surface area (Å²) in [6, 6.07) is 42.0. The zero-order chi connectivity index (χ0) is 33.3. The summed E-state index contributed by atoms with van der Waals surface area (Å²) in [6.45, 7) is 0.945. The zero-order valence-electron chi connectivity index (χ0n) is 26.3. The summed E-state index contributed by atoms with van der Waals surface area (Å²) in [6.07, 6.45) is 0.882. The van der Waals surface area contributed by atoms with E-state index in [4.69, 9.17) is 19.6 Å². The SMILES string of the molecule is O=C(NCCc1ccc(Br)cc1)[C@]1(Cc2ccc(Br)cc2)N=C(c2ccc(OCCCO)cc2)O[C@@H]1c1ccc(-c2ccccc2)cc1. The van der Waals surface area contributed by atoms with Gasteiger partial charge in [-0.15, -0.1) is 0 Å². The second kappa shape index (κ2) is 15.8. The highest BCUT2D eigenvalue weighted by Gasteiger charge is 2.53. The first kappa shape index (κ1) is 33.7. The normalized spacial score (nSPS) is 17.0. The monoisotopic (exact) mass is 766 g/mol. The van der Waals surface area contributed by atoms with Crippen molar-refractivity contribution in [2.45, 2.75) is 30.9 Å². The van der Waals surface area contributed by atoms with Gasteiger partial charge in [0.25, 0.3) is 5.91 Å². The Morgan fingerprint density at radius 3 is 2.02 bits per heavy atom. The van der Waals surface area contributed by atoms with Gasteiger partial charge in [0.15, 0.2) is 11.6 Å². The Balaban J connectivity index is 1.37. The van der Waals surface area contributed by atoms with Crippen molar-refractivity contribution in [1.82, 2.24) is 5.32 Å². The molecular weight excluding hydrogens is 732 g/mol. The number of carbonyl (C=O) groups is 1. The number of benzene rings is 5. The highest BCUT2D eigenvalue weighted by atomic mass is 79.9. The van der Waals surface area contributed by atoms with Crippen LogP contribution in [0.5, 0.6) is 5.75 Å². The molecule has 1 aliphatic heterocycles. The molecular formula is C40H36Br2N2O4. The van der Waals surface area contributed by atoms with Crippen molar-refractivity contribution in [3.8, 4) is 16.9 Å². The number of rotatable bonds is 13. The maximum absolute atomic E-state index is 14.6. The lowest BCUT2D eigenvalue weighted by Gasteiger charge is -2.31. The van der Waals surface area contributed by atoms with Gasteiger partial charge in [0.1, 0.15) is 5.75 Å². The van der Waals surface area contributed by atoms with Gasteiger partial charge in [-0.2, -0.15) is 0 Å². The molecule has 0 aromatic heterocycles. The van der Waals surface area contributed by atoms with Crippen molar-refractivity contribution in [3.63, 3.8) is 0 Å². The first-order chi connectivity index (χ1) is 23.4. The molecule has 1 aliphatic rings. The van der Waals surface area contributed by atoms with Crippen LogP contribution in [0, 0.1) is 0 Å². The summed E-state index contributed by atoms with van der Waals surface area (Å²) in [5.41, 5.74) is 4.60. The summed E-state index contributed by atoms with van der Waals surface area (Å²) < 4.78 is 14.4. The van der Waals surface area contributed by atoms with Crippen LogP contribution in [0.2, 0.25) is 0 Å². The molecule has 0 unspecified atom stereocenters. The standard InChI is InChI=1S/C40H36Br2N2O4/c41-34-17-7-28(8-18-34)23-24-43-39(46)40(27-29-9-19-35(42)20-10-29)37(32-13-11-31(12-14-32)30-5-2-1-3-6-30)48-38(44-40)33-15-21-36(22-16-33)47-26-4-25-45/h1-3,5-22,37,45H,4,23-27H2,(H,43,46)/t37-,40-/m1/s1. The molecule has 6 nitrogen and oxygen atoms in total. The Labute approximate surface area is 298 Å². The molecule has 0 spiro atoms. The van der Waals surface area contributed by atoms with Gasteiger partial charge in [0.2, 0.25) is 5.90 Å². The molecule has 5 aromatic rings. The highest BCUT2D eigenvalue weighted by molar-refractivity contribution is 9.10. The second-order valence-electron chi connectivity index (χ2n) is 11.7. The summed E-state index contributed by atoms with van der Waals surface area (Å²) >= 11 is 7.04. The summed E-state index contributed by atoms with van der Waals surface area (Å²) in [5, 5.41) is 12.3. The van der Waals surface area contributed by atoms with Crippen molar-refractivity contribution in [3.05, 3.63) is 159 Å². The van der Waals surface area contributed by atoms with Crippen molar-refractivity contribution >= 4 is 43.7 Å². The fourth-order valence-electron chi connectivity index (χ4n) is 5.80. The summed E-state index contributed by atoms with van der Waals surface area (Å²) in [5.74, 6) is 0.887. The van der Waals surface area contributed by atoms with Crippen LogP contribution in [-0.2, 0) is 22.4 Å². The van der Waals surface area contributed by atoms with Gasteiger partial charge in [-0.05, 0) is 82.8 Å². The Hall–Kier alpha value is -4.24. The van der Waals surface area contributed by atoms with Crippen molar-refractivity contribution in [2.24, 2.45) is 4.99 Å². The molecule has 8 heteroatoms. The minimum Gasteiger partial charge on any atom is -0.494 e. The minimum absolute atomic E-state index is 0.0715. The molecule has 1 amide bonds. The number of nitrogens with zero attached hydrogens (tertiary/aromatic N) is 1. The van der Waals surface area contributed by atoms with Crippen LogP contribution >= 0.6 is 31.9 Å². The smallest absolute Gasteiger partial charge is 0.252 e. The van der Waals surface area contributed by atoms with E-state index in [0.717, 1.165) is 42.3 Å². The number of ether oxygens (including phenoxy) is 2. The third kappa shape index (κ3) is 8.06. The highest BCUT2D eigenvalue weighted by Crippen LogP contribution is 2.43. The molecule has 2 atom stereocenters. The number of aliphatic imine (C=N–C) groups is 1. The average Bonchev–Trinajstić information content (AvgIpc) is 3.51.